The molecule has 0 rings (SSSR count). The topological polar surface area (TPSA) is 49.3 Å². The Balaban J connectivity index is 3.60. The molecule has 0 aromatic carbocycles. The van der Waals surface area contributed by atoms with Gasteiger partial charge in [0.1, 0.15) is 0 Å². The number of carbonyl (C=O) groups excluding carboxylic acids is 1. The van der Waals surface area contributed by atoms with Crippen LogP contribution in [-0.2, 0) is 4.79 Å². The van der Waals surface area contributed by atoms with Crippen molar-refractivity contribution in [1.82, 2.24) is 5.48 Å². The van der Waals surface area contributed by atoms with Crippen LogP contribution in [0.15, 0.2) is 0 Å². The summed E-state index contributed by atoms with van der Waals surface area (Å²) in [4.78, 5) is 10.7. The third-order valence-electron chi connectivity index (χ3n) is 2.77. The molecular weight excluding hydrogens is 286 g/mol. The Morgan fingerprint density at radius 2 is 1.26 bits per heavy atom. The van der Waals surface area contributed by atoms with E-state index in [1.165, 1.54) is 19.3 Å². The Kier molecular flexibility index (Phi) is 15.9. The van der Waals surface area contributed by atoms with E-state index in [0.29, 0.717) is 32.1 Å². The fourth-order valence-corrected chi connectivity index (χ4v) is 1.54. The van der Waals surface area contributed by atoms with Gasteiger partial charge in [0.2, 0.25) is 5.91 Å². The molecule has 0 aliphatic carbocycles. The van der Waals surface area contributed by atoms with Crippen LogP contribution in [0.5, 0.6) is 0 Å². The predicted molar refractivity (Wildman–Crippen MR) is 92.9 cm³/mol. The van der Waals surface area contributed by atoms with E-state index in [0.717, 1.165) is 6.42 Å². The molecule has 3 heteroatoms. The fourth-order valence-electron chi connectivity index (χ4n) is 1.54. The van der Waals surface area contributed by atoms with Gasteiger partial charge in [0, 0.05) is 19.3 Å². The second-order valence-electron chi connectivity index (χ2n) is 4.79. The average Bonchev–Trinajstić information content (AvgIpc) is 2.57. The summed E-state index contributed by atoms with van der Waals surface area (Å²) >= 11 is 0. The molecule has 0 bridgehead atoms. The molecule has 0 saturated heterocycles. The van der Waals surface area contributed by atoms with Gasteiger partial charge in [-0.15, -0.1) is 11.8 Å². The molecule has 122 valence electrons. The average molecular weight is 311 g/mol. The maximum absolute atomic E-state index is 10.7. The van der Waals surface area contributed by atoms with Crippen LogP contribution in [0.1, 0.15) is 71.1 Å². The summed E-state index contributed by atoms with van der Waals surface area (Å²) in [5.74, 6) is 23.5. The van der Waals surface area contributed by atoms with Gasteiger partial charge < -0.3 is 0 Å². The van der Waals surface area contributed by atoms with Crippen LogP contribution in [0.4, 0.5) is 0 Å². The normalized spacial score (nSPS) is 8.09. The van der Waals surface area contributed by atoms with Gasteiger partial charge >= 0.3 is 0 Å². The number of amides is 1. The van der Waals surface area contributed by atoms with Crippen molar-refractivity contribution >= 4 is 5.91 Å². The second-order valence-corrected chi connectivity index (χ2v) is 4.79. The Morgan fingerprint density at radius 3 is 1.74 bits per heavy atom. The molecule has 0 aliphatic heterocycles. The fraction of sp³-hybridized carbons (Fsp3) is 0.550. The lowest BCUT2D eigenvalue weighted by Crippen LogP contribution is -2.17. The van der Waals surface area contributed by atoms with Gasteiger partial charge in [0.25, 0.3) is 0 Å². The monoisotopic (exact) mass is 311 g/mol. The Morgan fingerprint density at radius 1 is 0.783 bits per heavy atom. The van der Waals surface area contributed by atoms with Crippen LogP contribution in [0.25, 0.3) is 0 Å². The van der Waals surface area contributed by atoms with E-state index in [1.54, 1.807) is 5.48 Å². The zero-order chi connectivity index (χ0) is 17.0. The van der Waals surface area contributed by atoms with Gasteiger partial charge in [0.15, 0.2) is 0 Å². The molecule has 23 heavy (non-hydrogen) atoms. The van der Waals surface area contributed by atoms with E-state index >= 15 is 0 Å². The Bertz CT molecular complexity index is 562. The summed E-state index contributed by atoms with van der Waals surface area (Å²) in [5.41, 5.74) is 1.59. The lowest BCUT2D eigenvalue weighted by molar-refractivity contribution is -0.129. The van der Waals surface area contributed by atoms with Gasteiger partial charge in [0.05, 0.1) is 19.3 Å². The van der Waals surface area contributed by atoms with E-state index in [4.69, 9.17) is 5.21 Å². The summed E-state index contributed by atoms with van der Waals surface area (Å²) in [6.45, 7) is 2.19. The first-order valence-corrected chi connectivity index (χ1v) is 8.07. The number of hydrogen-bond donors (Lipinski definition) is 2. The maximum Gasteiger partial charge on any atom is 0.243 e. The summed E-state index contributed by atoms with van der Waals surface area (Å²) < 4.78 is 0. The molecule has 1 amide bonds. The van der Waals surface area contributed by atoms with Crippen molar-refractivity contribution in [2.24, 2.45) is 0 Å². The molecule has 0 fully saturated rings. The lowest BCUT2D eigenvalue weighted by atomic mass is 10.2. The predicted octanol–water partition coefficient (Wildman–Crippen LogP) is 3.43. The first-order chi connectivity index (χ1) is 11.3. The van der Waals surface area contributed by atoms with E-state index in [-0.39, 0.29) is 12.3 Å². The van der Waals surface area contributed by atoms with E-state index in [2.05, 4.69) is 54.3 Å². The van der Waals surface area contributed by atoms with Crippen LogP contribution < -0.4 is 5.48 Å². The summed E-state index contributed by atoms with van der Waals surface area (Å²) in [6, 6.07) is 0. The third-order valence-corrected chi connectivity index (χ3v) is 2.77. The standard InChI is InChI=1S/C20H25NO2/c1-2-3-4-5-6-7-8-9-10-11-12-13-14-15-16-17-18-19-20(22)21-23/h23H,2-5,8,11,14,17-19H2,1H3,(H,21,22). The van der Waals surface area contributed by atoms with Crippen molar-refractivity contribution in [3.8, 4) is 47.4 Å². The van der Waals surface area contributed by atoms with Crippen molar-refractivity contribution < 1.29 is 10.0 Å². The number of unbranched alkanes of at least 4 members (excludes halogenated alkanes) is 4. The van der Waals surface area contributed by atoms with Crippen LogP contribution >= 0.6 is 0 Å². The minimum atomic E-state index is -0.379. The molecule has 0 atom stereocenters. The highest BCUT2D eigenvalue weighted by Gasteiger charge is 1.95. The molecular formula is C20H25NO2. The van der Waals surface area contributed by atoms with Crippen LogP contribution in [0.3, 0.4) is 0 Å². The highest BCUT2D eigenvalue weighted by atomic mass is 16.5. The maximum atomic E-state index is 10.7. The SMILES string of the molecule is CCCCCC#CCC#CCC#CCC#CCCCC(=O)NO. The van der Waals surface area contributed by atoms with Crippen LogP contribution in [0.2, 0.25) is 0 Å². The molecule has 3 nitrogen and oxygen atoms in total. The number of rotatable bonds is 6. The molecule has 0 aliphatic rings. The molecule has 0 aromatic heterocycles. The lowest BCUT2D eigenvalue weighted by Gasteiger charge is -1.93. The quantitative estimate of drug-likeness (QED) is 0.342. The Labute approximate surface area is 140 Å². The number of nitrogens with one attached hydrogen (secondary N) is 1. The summed E-state index contributed by atoms with van der Waals surface area (Å²) in [5, 5.41) is 8.30. The third kappa shape index (κ3) is 17.6. The van der Waals surface area contributed by atoms with Gasteiger partial charge in [-0.25, -0.2) is 5.48 Å². The molecule has 0 spiro atoms. The minimum absolute atomic E-state index is 0.286. The van der Waals surface area contributed by atoms with Crippen molar-refractivity contribution in [3.05, 3.63) is 0 Å². The minimum Gasteiger partial charge on any atom is -0.289 e. The first-order valence-electron chi connectivity index (χ1n) is 8.07. The Hall–Kier alpha value is -2.33. The number of hydrogen-bond acceptors (Lipinski definition) is 2. The van der Waals surface area contributed by atoms with Crippen molar-refractivity contribution in [1.29, 1.82) is 0 Å². The van der Waals surface area contributed by atoms with Gasteiger partial charge in [-0.1, -0.05) is 55.3 Å². The molecule has 0 unspecified atom stereocenters. The molecule has 0 heterocycles. The first kappa shape index (κ1) is 20.7. The molecule has 0 aromatic rings. The van der Waals surface area contributed by atoms with Crippen LogP contribution in [0, 0.1) is 47.4 Å². The van der Waals surface area contributed by atoms with Crippen molar-refractivity contribution in [2.45, 2.75) is 71.1 Å². The smallest absolute Gasteiger partial charge is 0.243 e. The van der Waals surface area contributed by atoms with Gasteiger partial charge in [-0.05, 0) is 12.8 Å². The number of hydroxylamine groups is 1. The van der Waals surface area contributed by atoms with Gasteiger partial charge in [-0.2, -0.15) is 0 Å². The second kappa shape index (κ2) is 17.7. The van der Waals surface area contributed by atoms with Crippen molar-refractivity contribution in [3.63, 3.8) is 0 Å². The largest absolute Gasteiger partial charge is 0.289 e. The highest BCUT2D eigenvalue weighted by Crippen LogP contribution is 1.96. The highest BCUT2D eigenvalue weighted by molar-refractivity contribution is 5.74. The molecule has 0 saturated carbocycles. The zero-order valence-corrected chi connectivity index (χ0v) is 13.9. The van der Waals surface area contributed by atoms with E-state index in [1.807, 2.05) is 0 Å². The molecule has 0 radical (unpaired) electrons. The molecule has 2 N–H and O–H groups in total. The van der Waals surface area contributed by atoms with Gasteiger partial charge in [-0.3, -0.25) is 10.0 Å². The van der Waals surface area contributed by atoms with E-state index < -0.39 is 0 Å². The number of carbonyl (C=O) groups is 1. The van der Waals surface area contributed by atoms with Crippen LogP contribution in [-0.4, -0.2) is 11.1 Å². The van der Waals surface area contributed by atoms with Crippen molar-refractivity contribution in [2.75, 3.05) is 0 Å². The summed E-state index contributed by atoms with van der Waals surface area (Å²) in [6.07, 6.45) is 7.87. The summed E-state index contributed by atoms with van der Waals surface area (Å²) in [7, 11) is 0. The zero-order valence-electron chi connectivity index (χ0n) is 13.9. The van der Waals surface area contributed by atoms with E-state index in [9.17, 15) is 4.79 Å².